The van der Waals surface area contributed by atoms with E-state index in [0.29, 0.717) is 5.33 Å². The van der Waals surface area contributed by atoms with Gasteiger partial charge in [0.05, 0.1) is 6.10 Å². The molecule has 2 rings (SSSR count). The van der Waals surface area contributed by atoms with Gasteiger partial charge in [-0.1, -0.05) is 22.0 Å². The van der Waals surface area contributed by atoms with Gasteiger partial charge < -0.3 is 9.64 Å². The third-order valence-electron chi connectivity index (χ3n) is 3.05. The molecule has 0 N–H and O–H groups in total. The van der Waals surface area contributed by atoms with E-state index >= 15 is 0 Å². The number of rotatable bonds is 3. The molecule has 0 aromatic heterocycles. The summed E-state index contributed by atoms with van der Waals surface area (Å²) in [4.78, 5) is 2.19. The zero-order chi connectivity index (χ0) is 11.5. The molecule has 4 heteroatoms. The maximum absolute atomic E-state index is 13.6. The number of benzene rings is 1. The number of alkyl halides is 1. The van der Waals surface area contributed by atoms with E-state index in [1.165, 1.54) is 6.07 Å². The molecule has 0 aliphatic carbocycles. The predicted octanol–water partition coefficient (Wildman–Crippen LogP) is 2.95. The van der Waals surface area contributed by atoms with Crippen molar-refractivity contribution in [2.24, 2.45) is 0 Å². The molecule has 1 unspecified atom stereocenters. The summed E-state index contributed by atoms with van der Waals surface area (Å²) >= 11 is 3.34. The lowest BCUT2D eigenvalue weighted by Crippen LogP contribution is -2.23. The molecular formula is C12H15BrFNO. The summed E-state index contributed by atoms with van der Waals surface area (Å²) < 4.78 is 18.9. The Morgan fingerprint density at radius 2 is 2.38 bits per heavy atom. The van der Waals surface area contributed by atoms with Crippen LogP contribution >= 0.6 is 15.9 Å². The first-order valence-electron chi connectivity index (χ1n) is 5.37. The third kappa shape index (κ3) is 2.23. The Balaban J connectivity index is 2.24. The molecule has 0 amide bonds. The second-order valence-corrected chi connectivity index (χ2v) is 4.52. The van der Waals surface area contributed by atoms with Crippen molar-refractivity contribution in [2.45, 2.75) is 17.9 Å². The molecule has 0 radical (unpaired) electrons. The normalized spacial score (nSPS) is 20.4. The molecule has 1 aromatic carbocycles. The van der Waals surface area contributed by atoms with Crippen LogP contribution in [0.4, 0.5) is 10.1 Å². The molecule has 0 saturated carbocycles. The van der Waals surface area contributed by atoms with Crippen LogP contribution in [0.1, 0.15) is 12.0 Å². The van der Waals surface area contributed by atoms with Gasteiger partial charge in [0, 0.05) is 36.8 Å². The summed E-state index contributed by atoms with van der Waals surface area (Å²) in [6.45, 7) is 1.78. The Hall–Kier alpha value is -0.610. The third-order valence-corrected chi connectivity index (χ3v) is 3.61. The van der Waals surface area contributed by atoms with Gasteiger partial charge in [0.25, 0.3) is 0 Å². The Bertz CT molecular complexity index is 372. The number of hydrogen-bond acceptors (Lipinski definition) is 2. The van der Waals surface area contributed by atoms with Gasteiger partial charge in [-0.2, -0.15) is 0 Å². The fraction of sp³-hybridized carbons (Fsp3) is 0.500. The number of hydrogen-bond donors (Lipinski definition) is 0. The molecule has 0 bridgehead atoms. The van der Waals surface area contributed by atoms with Crippen LogP contribution < -0.4 is 4.90 Å². The maximum atomic E-state index is 13.6. The summed E-state index contributed by atoms with van der Waals surface area (Å²) in [6.07, 6.45) is 1.28. The molecule has 1 fully saturated rings. The number of anilines is 1. The Labute approximate surface area is 104 Å². The fourth-order valence-corrected chi connectivity index (χ4v) is 2.67. The van der Waals surface area contributed by atoms with Gasteiger partial charge in [0.2, 0.25) is 0 Å². The predicted molar refractivity (Wildman–Crippen MR) is 66.7 cm³/mol. The minimum absolute atomic E-state index is 0.143. The number of ether oxygens (including phenoxy) is 1. The van der Waals surface area contributed by atoms with E-state index in [1.807, 2.05) is 6.07 Å². The fourth-order valence-electron chi connectivity index (χ4n) is 2.12. The van der Waals surface area contributed by atoms with Crippen molar-refractivity contribution in [3.05, 3.63) is 29.6 Å². The summed E-state index contributed by atoms with van der Waals surface area (Å²) in [6, 6.07) is 5.23. The van der Waals surface area contributed by atoms with E-state index in [1.54, 1.807) is 13.2 Å². The topological polar surface area (TPSA) is 12.5 Å². The monoisotopic (exact) mass is 287 g/mol. The summed E-state index contributed by atoms with van der Waals surface area (Å²) in [5.41, 5.74) is 1.72. The average molecular weight is 288 g/mol. The molecule has 88 valence electrons. The van der Waals surface area contributed by atoms with Crippen LogP contribution in [0.5, 0.6) is 0 Å². The molecule has 1 aromatic rings. The van der Waals surface area contributed by atoms with Gasteiger partial charge in [-0.25, -0.2) is 4.39 Å². The van der Waals surface area contributed by atoms with E-state index in [-0.39, 0.29) is 11.9 Å². The van der Waals surface area contributed by atoms with E-state index in [2.05, 4.69) is 20.8 Å². The van der Waals surface area contributed by atoms with Crippen molar-refractivity contribution in [1.82, 2.24) is 0 Å². The second kappa shape index (κ2) is 5.15. The molecule has 16 heavy (non-hydrogen) atoms. The standard InChI is InChI=1S/C12H15BrFNO/c1-16-9-5-6-15(8-9)12-4-2-3-11(14)10(12)7-13/h2-4,9H,5-8H2,1H3. The first kappa shape index (κ1) is 11.9. The largest absolute Gasteiger partial charge is 0.380 e. The van der Waals surface area contributed by atoms with Gasteiger partial charge in [0.1, 0.15) is 5.82 Å². The molecular weight excluding hydrogens is 273 g/mol. The van der Waals surface area contributed by atoms with Crippen LogP contribution in [0.25, 0.3) is 0 Å². The molecule has 1 aliphatic rings. The molecule has 2 nitrogen and oxygen atoms in total. The van der Waals surface area contributed by atoms with Crippen molar-refractivity contribution >= 4 is 21.6 Å². The Morgan fingerprint density at radius 1 is 1.56 bits per heavy atom. The van der Waals surface area contributed by atoms with E-state index in [0.717, 1.165) is 30.8 Å². The van der Waals surface area contributed by atoms with Crippen molar-refractivity contribution in [3.8, 4) is 0 Å². The first-order valence-corrected chi connectivity index (χ1v) is 6.49. The van der Waals surface area contributed by atoms with Crippen molar-refractivity contribution in [3.63, 3.8) is 0 Å². The molecule has 1 heterocycles. The summed E-state index contributed by atoms with van der Waals surface area (Å²) in [5.74, 6) is -0.143. The van der Waals surface area contributed by atoms with Gasteiger partial charge in [-0.15, -0.1) is 0 Å². The highest BCUT2D eigenvalue weighted by Crippen LogP contribution is 2.28. The summed E-state index contributed by atoms with van der Waals surface area (Å²) in [7, 11) is 1.73. The highest BCUT2D eigenvalue weighted by atomic mass is 79.9. The van der Waals surface area contributed by atoms with E-state index in [9.17, 15) is 4.39 Å². The van der Waals surface area contributed by atoms with E-state index < -0.39 is 0 Å². The van der Waals surface area contributed by atoms with Crippen LogP contribution in [0.3, 0.4) is 0 Å². The van der Waals surface area contributed by atoms with Gasteiger partial charge in [-0.3, -0.25) is 0 Å². The summed E-state index contributed by atoms with van der Waals surface area (Å²) in [5, 5.41) is 0.545. The van der Waals surface area contributed by atoms with Crippen molar-refractivity contribution < 1.29 is 9.13 Å². The van der Waals surface area contributed by atoms with Crippen molar-refractivity contribution in [1.29, 1.82) is 0 Å². The lowest BCUT2D eigenvalue weighted by Gasteiger charge is -2.21. The van der Waals surface area contributed by atoms with Crippen molar-refractivity contribution in [2.75, 3.05) is 25.1 Å². The maximum Gasteiger partial charge on any atom is 0.129 e. The Kier molecular flexibility index (Phi) is 3.82. The lowest BCUT2D eigenvalue weighted by atomic mass is 10.2. The number of halogens is 2. The molecule has 1 saturated heterocycles. The first-order chi connectivity index (χ1) is 7.76. The van der Waals surface area contributed by atoms with Gasteiger partial charge in [-0.05, 0) is 18.6 Å². The zero-order valence-electron chi connectivity index (χ0n) is 9.25. The Morgan fingerprint density at radius 3 is 3.00 bits per heavy atom. The minimum atomic E-state index is -0.143. The highest BCUT2D eigenvalue weighted by molar-refractivity contribution is 9.08. The smallest absolute Gasteiger partial charge is 0.129 e. The molecule has 1 atom stereocenters. The van der Waals surface area contributed by atoms with E-state index in [4.69, 9.17) is 4.74 Å². The molecule has 0 spiro atoms. The van der Waals surface area contributed by atoms with Gasteiger partial charge in [0.15, 0.2) is 0 Å². The lowest BCUT2D eigenvalue weighted by molar-refractivity contribution is 0.121. The number of methoxy groups -OCH3 is 1. The van der Waals surface area contributed by atoms with Crippen LogP contribution in [0.2, 0.25) is 0 Å². The van der Waals surface area contributed by atoms with Crippen LogP contribution in [-0.4, -0.2) is 26.3 Å². The van der Waals surface area contributed by atoms with Gasteiger partial charge >= 0.3 is 0 Å². The number of nitrogens with zero attached hydrogens (tertiary/aromatic N) is 1. The SMILES string of the molecule is COC1CCN(c2cccc(F)c2CBr)C1. The molecule has 1 aliphatic heterocycles. The van der Waals surface area contributed by atoms with Crippen LogP contribution in [0.15, 0.2) is 18.2 Å². The quantitative estimate of drug-likeness (QED) is 0.793. The minimum Gasteiger partial charge on any atom is -0.380 e. The average Bonchev–Trinajstić information content (AvgIpc) is 2.77. The second-order valence-electron chi connectivity index (χ2n) is 3.96. The van der Waals surface area contributed by atoms with Crippen LogP contribution in [0, 0.1) is 5.82 Å². The van der Waals surface area contributed by atoms with Crippen LogP contribution in [-0.2, 0) is 10.1 Å². The highest BCUT2D eigenvalue weighted by Gasteiger charge is 2.24. The zero-order valence-corrected chi connectivity index (χ0v) is 10.8.